The fraction of sp³-hybridized carbons (Fsp3) is 0.333. The van der Waals surface area contributed by atoms with Gasteiger partial charge in [-0.05, 0) is 36.2 Å². The summed E-state index contributed by atoms with van der Waals surface area (Å²) in [4.78, 5) is 26.4. The van der Waals surface area contributed by atoms with Gasteiger partial charge in [-0.2, -0.15) is 13.2 Å². The van der Waals surface area contributed by atoms with E-state index in [1.807, 2.05) is 12.1 Å². The molecule has 2 atom stereocenters. The first-order valence-corrected chi connectivity index (χ1v) is 9.51. The van der Waals surface area contributed by atoms with Crippen molar-refractivity contribution >= 4 is 23.4 Å². The van der Waals surface area contributed by atoms with Crippen LogP contribution in [-0.4, -0.2) is 23.3 Å². The second-order valence-corrected chi connectivity index (χ2v) is 7.53. The molecule has 4 nitrogen and oxygen atoms in total. The molecule has 1 aliphatic heterocycles. The lowest BCUT2D eigenvalue weighted by Crippen LogP contribution is -2.34. The Morgan fingerprint density at radius 2 is 1.97 bits per heavy atom. The number of hydrogen-bond acceptors (Lipinski definition) is 2. The molecule has 8 heteroatoms. The SMILES string of the molecule is C[C@H](NC(=O)[C@@H]1CC(=O)N(Cc2ccccc2Cl)C1)c1cccc(C(F)(F)F)c1. The van der Waals surface area contributed by atoms with Gasteiger partial charge >= 0.3 is 6.18 Å². The van der Waals surface area contributed by atoms with Crippen molar-refractivity contribution < 1.29 is 22.8 Å². The average Bonchev–Trinajstić information content (AvgIpc) is 3.04. The molecular formula is C21H20ClF3N2O2. The molecule has 0 radical (unpaired) electrons. The van der Waals surface area contributed by atoms with Crippen LogP contribution < -0.4 is 5.32 Å². The molecule has 1 saturated heterocycles. The summed E-state index contributed by atoms with van der Waals surface area (Å²) in [5, 5.41) is 3.27. The Bertz CT molecular complexity index is 917. The normalized spacial score (nSPS) is 18.0. The van der Waals surface area contributed by atoms with Crippen LogP contribution in [0.5, 0.6) is 0 Å². The van der Waals surface area contributed by atoms with Crippen LogP contribution in [0.15, 0.2) is 48.5 Å². The highest BCUT2D eigenvalue weighted by molar-refractivity contribution is 6.31. The highest BCUT2D eigenvalue weighted by atomic mass is 35.5. The number of nitrogens with zero attached hydrogens (tertiary/aromatic N) is 1. The zero-order chi connectivity index (χ0) is 21.2. The molecule has 0 aromatic heterocycles. The lowest BCUT2D eigenvalue weighted by atomic mass is 10.0. The van der Waals surface area contributed by atoms with Gasteiger partial charge in [-0.1, -0.05) is 41.9 Å². The molecule has 0 aliphatic carbocycles. The van der Waals surface area contributed by atoms with E-state index in [0.717, 1.165) is 17.7 Å². The second-order valence-electron chi connectivity index (χ2n) is 7.12. The first-order valence-electron chi connectivity index (χ1n) is 9.14. The van der Waals surface area contributed by atoms with Crippen molar-refractivity contribution in [2.45, 2.75) is 32.1 Å². The van der Waals surface area contributed by atoms with Gasteiger partial charge < -0.3 is 10.2 Å². The number of hydrogen-bond donors (Lipinski definition) is 1. The molecule has 2 aromatic carbocycles. The number of carbonyl (C=O) groups is 2. The number of benzene rings is 2. The number of nitrogens with one attached hydrogen (secondary N) is 1. The molecule has 154 valence electrons. The molecule has 2 amide bonds. The average molecular weight is 425 g/mol. The van der Waals surface area contributed by atoms with Crippen LogP contribution in [-0.2, 0) is 22.3 Å². The third kappa shape index (κ3) is 5.09. The van der Waals surface area contributed by atoms with Crippen LogP contribution in [0.4, 0.5) is 13.2 Å². The van der Waals surface area contributed by atoms with Gasteiger partial charge in [0.25, 0.3) is 0 Å². The van der Waals surface area contributed by atoms with Gasteiger partial charge in [-0.3, -0.25) is 9.59 Å². The lowest BCUT2D eigenvalue weighted by molar-refractivity contribution is -0.137. The third-order valence-electron chi connectivity index (χ3n) is 4.98. The number of likely N-dealkylation sites (tertiary alicyclic amines) is 1. The van der Waals surface area contributed by atoms with E-state index in [-0.39, 0.29) is 24.8 Å². The van der Waals surface area contributed by atoms with E-state index in [1.165, 1.54) is 12.1 Å². The summed E-state index contributed by atoms with van der Waals surface area (Å²) in [5.74, 6) is -1.07. The predicted octanol–water partition coefficient (Wildman–Crippen LogP) is 4.58. The summed E-state index contributed by atoms with van der Waals surface area (Å²) in [5.41, 5.74) is 0.379. The lowest BCUT2D eigenvalue weighted by Gasteiger charge is -2.20. The Morgan fingerprint density at radius 3 is 2.66 bits per heavy atom. The highest BCUT2D eigenvalue weighted by Crippen LogP contribution is 2.31. The molecule has 1 aliphatic rings. The van der Waals surface area contributed by atoms with Gasteiger partial charge in [0.15, 0.2) is 0 Å². The topological polar surface area (TPSA) is 49.4 Å². The quantitative estimate of drug-likeness (QED) is 0.763. The maximum atomic E-state index is 12.9. The second kappa shape index (κ2) is 8.45. The number of rotatable bonds is 5. The molecule has 0 unspecified atom stereocenters. The van der Waals surface area contributed by atoms with Gasteiger partial charge in [0, 0.05) is 24.5 Å². The summed E-state index contributed by atoms with van der Waals surface area (Å²) < 4.78 is 38.7. The van der Waals surface area contributed by atoms with Crippen LogP contribution in [0.1, 0.15) is 36.1 Å². The van der Waals surface area contributed by atoms with E-state index in [0.29, 0.717) is 17.1 Å². The summed E-state index contributed by atoms with van der Waals surface area (Å²) in [6.45, 7) is 2.17. The summed E-state index contributed by atoms with van der Waals surface area (Å²) >= 11 is 6.13. The van der Waals surface area contributed by atoms with Crippen molar-refractivity contribution in [1.29, 1.82) is 0 Å². The minimum absolute atomic E-state index is 0.0611. The monoisotopic (exact) mass is 424 g/mol. The van der Waals surface area contributed by atoms with Crippen LogP contribution in [0, 0.1) is 5.92 Å². The largest absolute Gasteiger partial charge is 0.416 e. The van der Waals surface area contributed by atoms with Crippen molar-refractivity contribution in [3.63, 3.8) is 0 Å². The molecule has 1 N–H and O–H groups in total. The van der Waals surface area contributed by atoms with Gasteiger partial charge in [-0.25, -0.2) is 0 Å². The molecule has 1 heterocycles. The molecule has 29 heavy (non-hydrogen) atoms. The van der Waals surface area contributed by atoms with E-state index in [1.54, 1.807) is 24.0 Å². The van der Waals surface area contributed by atoms with Gasteiger partial charge in [0.05, 0.1) is 17.5 Å². The maximum Gasteiger partial charge on any atom is 0.416 e. The Kier molecular flexibility index (Phi) is 6.17. The van der Waals surface area contributed by atoms with Crippen molar-refractivity contribution in [3.05, 3.63) is 70.2 Å². The van der Waals surface area contributed by atoms with Crippen LogP contribution in [0.25, 0.3) is 0 Å². The minimum atomic E-state index is -4.45. The third-order valence-corrected chi connectivity index (χ3v) is 5.35. The van der Waals surface area contributed by atoms with Crippen LogP contribution in [0.3, 0.4) is 0 Å². The van der Waals surface area contributed by atoms with E-state index >= 15 is 0 Å². The van der Waals surface area contributed by atoms with E-state index in [9.17, 15) is 22.8 Å². The molecule has 2 aromatic rings. The maximum absolute atomic E-state index is 12.9. The predicted molar refractivity (Wildman–Crippen MR) is 103 cm³/mol. The van der Waals surface area contributed by atoms with Gasteiger partial charge in [0.2, 0.25) is 11.8 Å². The first-order chi connectivity index (χ1) is 13.6. The Balaban J connectivity index is 1.63. The van der Waals surface area contributed by atoms with Crippen molar-refractivity contribution in [2.24, 2.45) is 5.92 Å². The zero-order valence-corrected chi connectivity index (χ0v) is 16.4. The zero-order valence-electron chi connectivity index (χ0n) is 15.7. The number of amides is 2. The van der Waals surface area contributed by atoms with Crippen LogP contribution in [0.2, 0.25) is 5.02 Å². The van der Waals surface area contributed by atoms with E-state index < -0.39 is 23.7 Å². The Hall–Kier alpha value is -2.54. The van der Waals surface area contributed by atoms with Crippen molar-refractivity contribution in [1.82, 2.24) is 10.2 Å². The fourth-order valence-corrected chi connectivity index (χ4v) is 3.53. The molecule has 0 spiro atoms. The molecule has 0 bridgehead atoms. The summed E-state index contributed by atoms with van der Waals surface area (Å²) in [6, 6.07) is 11.4. The number of alkyl halides is 3. The fourth-order valence-electron chi connectivity index (χ4n) is 3.33. The smallest absolute Gasteiger partial charge is 0.349 e. The van der Waals surface area contributed by atoms with Crippen molar-refractivity contribution in [2.75, 3.05) is 6.54 Å². The summed E-state index contributed by atoms with van der Waals surface area (Å²) in [6.07, 6.45) is -4.39. The highest BCUT2D eigenvalue weighted by Gasteiger charge is 2.35. The standard InChI is InChI=1S/C21H20ClF3N2O2/c1-13(14-6-4-7-17(9-14)21(23,24)25)26-20(29)16-10-19(28)27(12-16)11-15-5-2-3-8-18(15)22/h2-9,13,16H,10-12H2,1H3,(H,26,29)/t13-,16+/m0/s1. The number of carbonyl (C=O) groups excluding carboxylic acids is 2. The molecule has 0 saturated carbocycles. The molecule has 1 fully saturated rings. The Morgan fingerprint density at radius 1 is 1.24 bits per heavy atom. The molecule has 3 rings (SSSR count). The minimum Gasteiger partial charge on any atom is -0.349 e. The van der Waals surface area contributed by atoms with E-state index in [4.69, 9.17) is 11.6 Å². The van der Waals surface area contributed by atoms with Gasteiger partial charge in [0.1, 0.15) is 0 Å². The number of halogens is 4. The van der Waals surface area contributed by atoms with Crippen molar-refractivity contribution in [3.8, 4) is 0 Å². The van der Waals surface area contributed by atoms with E-state index in [2.05, 4.69) is 5.32 Å². The molecular weight excluding hydrogens is 405 g/mol. The first kappa shape index (κ1) is 21.2. The van der Waals surface area contributed by atoms with Crippen LogP contribution >= 0.6 is 11.6 Å². The summed E-state index contributed by atoms with van der Waals surface area (Å²) in [7, 11) is 0. The van der Waals surface area contributed by atoms with Gasteiger partial charge in [-0.15, -0.1) is 0 Å². The Labute approximate surface area is 171 Å².